The first-order valence-corrected chi connectivity index (χ1v) is 11.3. The van der Waals surface area contributed by atoms with Gasteiger partial charge in [-0.05, 0) is 53.4 Å². The molecular formula is C27H32ClN5O3. The van der Waals surface area contributed by atoms with E-state index in [4.69, 9.17) is 21.6 Å². The minimum absolute atomic E-state index is 0. The topological polar surface area (TPSA) is 135 Å². The number of carbonyl (C=O) groups is 2. The van der Waals surface area contributed by atoms with Gasteiger partial charge in [0.2, 0.25) is 5.91 Å². The standard InChI is InChI=1S/C27H31N5O3.ClH/c1-18(2)20-9-11-22(12-10-20)31-26(34)16-32(23-7-4-6-21(14-23)27(29)30)15-19-5-3-8-24(13-19)35-17-25(28)33;/h3-14,18H,15-17H2,1-2H3,(H2,28,33)(H3,29,30)(H,31,34);1H. The Morgan fingerprint density at radius 2 is 1.69 bits per heavy atom. The smallest absolute Gasteiger partial charge is 0.255 e. The number of halogens is 1. The lowest BCUT2D eigenvalue weighted by atomic mass is 10.0. The highest BCUT2D eigenvalue weighted by Gasteiger charge is 2.15. The van der Waals surface area contributed by atoms with Gasteiger partial charge in [-0.2, -0.15) is 0 Å². The Bertz CT molecular complexity index is 1200. The van der Waals surface area contributed by atoms with E-state index in [9.17, 15) is 9.59 Å². The van der Waals surface area contributed by atoms with E-state index in [1.807, 2.05) is 47.4 Å². The fraction of sp³-hybridized carbons (Fsp3) is 0.222. The molecular weight excluding hydrogens is 478 g/mol. The van der Waals surface area contributed by atoms with Gasteiger partial charge in [-0.3, -0.25) is 15.0 Å². The molecule has 0 fully saturated rings. The molecule has 8 nitrogen and oxygen atoms in total. The van der Waals surface area contributed by atoms with Crippen LogP contribution in [0.5, 0.6) is 5.75 Å². The van der Waals surface area contributed by atoms with E-state index in [0.717, 1.165) is 16.9 Å². The normalized spacial score (nSPS) is 10.3. The predicted molar refractivity (Wildman–Crippen MR) is 146 cm³/mol. The van der Waals surface area contributed by atoms with Gasteiger partial charge >= 0.3 is 0 Å². The van der Waals surface area contributed by atoms with Gasteiger partial charge in [0.1, 0.15) is 11.6 Å². The predicted octanol–water partition coefficient (Wildman–Crippen LogP) is 4.03. The number of ether oxygens (including phenoxy) is 1. The van der Waals surface area contributed by atoms with Crippen LogP contribution in [0.2, 0.25) is 0 Å². The second-order valence-electron chi connectivity index (χ2n) is 8.55. The highest BCUT2D eigenvalue weighted by Crippen LogP contribution is 2.22. The number of carbonyl (C=O) groups excluding carboxylic acids is 2. The SMILES string of the molecule is CC(C)c1ccc(NC(=O)CN(Cc2cccc(OCC(N)=O)c2)c2cccc(C(=N)N)c2)cc1.Cl. The van der Waals surface area contributed by atoms with Crippen LogP contribution in [-0.2, 0) is 16.1 Å². The van der Waals surface area contributed by atoms with Crippen molar-refractivity contribution < 1.29 is 14.3 Å². The molecule has 0 saturated carbocycles. The quantitative estimate of drug-likeness (QED) is 0.229. The van der Waals surface area contributed by atoms with Gasteiger partial charge in [-0.15, -0.1) is 12.4 Å². The first kappa shape index (κ1) is 28.2. The highest BCUT2D eigenvalue weighted by atomic mass is 35.5. The molecule has 0 heterocycles. The van der Waals surface area contributed by atoms with Crippen molar-refractivity contribution in [2.75, 3.05) is 23.4 Å². The molecule has 0 atom stereocenters. The average molecular weight is 510 g/mol. The molecule has 0 aliphatic rings. The molecule has 2 amide bonds. The maximum atomic E-state index is 13.0. The van der Waals surface area contributed by atoms with E-state index in [-0.39, 0.29) is 37.3 Å². The van der Waals surface area contributed by atoms with Crippen molar-refractivity contribution in [2.24, 2.45) is 11.5 Å². The lowest BCUT2D eigenvalue weighted by molar-refractivity contribution is -0.120. The summed E-state index contributed by atoms with van der Waals surface area (Å²) < 4.78 is 5.42. The molecule has 3 aromatic carbocycles. The number of amidine groups is 1. The van der Waals surface area contributed by atoms with Crippen LogP contribution < -0.4 is 26.4 Å². The number of benzene rings is 3. The first-order chi connectivity index (χ1) is 16.7. The maximum Gasteiger partial charge on any atom is 0.255 e. The monoisotopic (exact) mass is 509 g/mol. The van der Waals surface area contributed by atoms with Crippen molar-refractivity contribution in [3.8, 4) is 5.75 Å². The number of anilines is 2. The van der Waals surface area contributed by atoms with Crippen molar-refractivity contribution >= 4 is 41.4 Å². The Hall–Kier alpha value is -4.04. The molecule has 0 unspecified atom stereocenters. The second kappa shape index (κ2) is 13.2. The lowest BCUT2D eigenvalue weighted by Crippen LogP contribution is -2.33. The van der Waals surface area contributed by atoms with Gasteiger partial charge in [0.15, 0.2) is 6.61 Å². The number of nitrogens with zero attached hydrogens (tertiary/aromatic N) is 1. The Morgan fingerprint density at radius 3 is 2.33 bits per heavy atom. The van der Waals surface area contributed by atoms with Crippen molar-refractivity contribution in [1.29, 1.82) is 5.41 Å². The molecule has 0 aliphatic heterocycles. The summed E-state index contributed by atoms with van der Waals surface area (Å²) in [5, 5.41) is 10.7. The molecule has 3 aromatic rings. The molecule has 0 aliphatic carbocycles. The van der Waals surface area contributed by atoms with Gasteiger partial charge < -0.3 is 26.4 Å². The Balaban J connectivity index is 0.00000456. The van der Waals surface area contributed by atoms with Crippen LogP contribution in [0.25, 0.3) is 0 Å². The largest absolute Gasteiger partial charge is 0.484 e. The zero-order valence-corrected chi connectivity index (χ0v) is 21.2. The molecule has 0 bridgehead atoms. The molecule has 190 valence electrons. The highest BCUT2D eigenvalue weighted by molar-refractivity contribution is 5.97. The summed E-state index contributed by atoms with van der Waals surface area (Å²) in [5.41, 5.74) is 14.9. The van der Waals surface area contributed by atoms with E-state index in [0.29, 0.717) is 23.8 Å². The van der Waals surface area contributed by atoms with Gasteiger partial charge in [-0.1, -0.05) is 50.2 Å². The molecule has 6 N–H and O–H groups in total. The number of hydrogen-bond donors (Lipinski definition) is 4. The van der Waals surface area contributed by atoms with E-state index < -0.39 is 5.91 Å². The zero-order valence-electron chi connectivity index (χ0n) is 20.4. The van der Waals surface area contributed by atoms with E-state index in [2.05, 4.69) is 19.2 Å². The van der Waals surface area contributed by atoms with Crippen LogP contribution in [0.1, 0.15) is 36.5 Å². The molecule has 9 heteroatoms. The summed E-state index contributed by atoms with van der Waals surface area (Å²) in [6.45, 7) is 4.48. The van der Waals surface area contributed by atoms with Gasteiger partial charge in [0.05, 0.1) is 6.54 Å². The number of primary amides is 1. The third-order valence-electron chi connectivity index (χ3n) is 5.37. The van der Waals surface area contributed by atoms with Crippen molar-refractivity contribution in [3.63, 3.8) is 0 Å². The molecule has 36 heavy (non-hydrogen) atoms. The summed E-state index contributed by atoms with van der Waals surface area (Å²) in [6, 6.07) is 22.2. The van der Waals surface area contributed by atoms with Crippen LogP contribution in [0.4, 0.5) is 11.4 Å². The van der Waals surface area contributed by atoms with Gasteiger partial charge in [-0.25, -0.2) is 0 Å². The van der Waals surface area contributed by atoms with Crippen LogP contribution in [0, 0.1) is 5.41 Å². The fourth-order valence-electron chi connectivity index (χ4n) is 3.54. The molecule has 0 aromatic heterocycles. The van der Waals surface area contributed by atoms with Crippen LogP contribution in [0.15, 0.2) is 72.8 Å². The minimum atomic E-state index is -0.559. The van der Waals surface area contributed by atoms with E-state index in [1.54, 1.807) is 30.3 Å². The number of amides is 2. The number of nitrogen functional groups attached to an aromatic ring is 1. The fourth-order valence-corrected chi connectivity index (χ4v) is 3.54. The summed E-state index contributed by atoms with van der Waals surface area (Å²) >= 11 is 0. The third kappa shape index (κ3) is 8.32. The second-order valence-corrected chi connectivity index (χ2v) is 8.55. The van der Waals surface area contributed by atoms with Gasteiger partial charge in [0.25, 0.3) is 5.91 Å². The van der Waals surface area contributed by atoms with Crippen molar-refractivity contribution in [2.45, 2.75) is 26.3 Å². The van der Waals surface area contributed by atoms with Gasteiger partial charge in [0, 0.05) is 23.5 Å². The summed E-state index contributed by atoms with van der Waals surface area (Å²) in [4.78, 5) is 25.9. The van der Waals surface area contributed by atoms with E-state index in [1.165, 1.54) is 5.56 Å². The average Bonchev–Trinajstić information content (AvgIpc) is 2.83. The zero-order chi connectivity index (χ0) is 25.4. The van der Waals surface area contributed by atoms with Crippen molar-refractivity contribution in [3.05, 3.63) is 89.5 Å². The third-order valence-corrected chi connectivity index (χ3v) is 5.37. The maximum absolute atomic E-state index is 13.0. The first-order valence-electron chi connectivity index (χ1n) is 11.3. The molecule has 0 saturated heterocycles. The Labute approximate surface area is 217 Å². The molecule has 0 spiro atoms. The van der Waals surface area contributed by atoms with Crippen LogP contribution in [-0.4, -0.2) is 30.8 Å². The summed E-state index contributed by atoms with van der Waals surface area (Å²) in [6.07, 6.45) is 0. The van der Waals surface area contributed by atoms with Crippen LogP contribution in [0.3, 0.4) is 0 Å². The number of nitrogens with one attached hydrogen (secondary N) is 2. The van der Waals surface area contributed by atoms with Crippen LogP contribution >= 0.6 is 12.4 Å². The molecule has 0 radical (unpaired) electrons. The Morgan fingerprint density at radius 1 is 1.00 bits per heavy atom. The molecule has 3 rings (SSSR count). The number of rotatable bonds is 11. The lowest BCUT2D eigenvalue weighted by Gasteiger charge is -2.25. The summed E-state index contributed by atoms with van der Waals surface area (Å²) in [5.74, 6) is 0.121. The number of hydrogen-bond acceptors (Lipinski definition) is 5. The summed E-state index contributed by atoms with van der Waals surface area (Å²) in [7, 11) is 0. The Kier molecular flexibility index (Phi) is 10.3. The van der Waals surface area contributed by atoms with Crippen molar-refractivity contribution in [1.82, 2.24) is 0 Å². The number of nitrogens with two attached hydrogens (primary N) is 2. The minimum Gasteiger partial charge on any atom is -0.484 e. The van der Waals surface area contributed by atoms with E-state index >= 15 is 0 Å².